The number of hydrogen-bond donors (Lipinski definition) is 0. The molecule has 1 aromatic rings. The van der Waals surface area contributed by atoms with Crippen LogP contribution in [0.5, 0.6) is 0 Å². The van der Waals surface area contributed by atoms with E-state index in [0.717, 1.165) is 0 Å². The molecule has 0 unspecified atom stereocenters. The summed E-state index contributed by atoms with van der Waals surface area (Å²) >= 11 is 12.4. The maximum atomic E-state index is 10.1. The second-order valence-electron chi connectivity index (χ2n) is 1.73. The average Bonchev–Trinajstić information content (AvgIpc) is 2.03. The van der Waals surface area contributed by atoms with E-state index in [1.807, 2.05) is 0 Å². The summed E-state index contributed by atoms with van der Waals surface area (Å²) in [6.45, 7) is 0. The molecule has 0 bridgehead atoms. The number of nitroso groups, excluding NO2 is 1. The van der Waals surface area contributed by atoms with Gasteiger partial charge in [0.1, 0.15) is 0 Å². The van der Waals surface area contributed by atoms with E-state index in [9.17, 15) is 4.91 Å². The SMILES string of the molecule is CSc1nc(Cl)c(N=O)c(Cl)n1. The maximum absolute atomic E-state index is 10.1. The molecule has 1 aromatic heterocycles. The number of halogens is 2. The minimum atomic E-state index is -0.115. The summed E-state index contributed by atoms with van der Waals surface area (Å²) in [5.74, 6) is 0. The summed E-state index contributed by atoms with van der Waals surface area (Å²) < 4.78 is 0. The van der Waals surface area contributed by atoms with Crippen molar-refractivity contribution >= 4 is 40.7 Å². The molecule has 12 heavy (non-hydrogen) atoms. The van der Waals surface area contributed by atoms with Gasteiger partial charge in [-0.25, -0.2) is 9.97 Å². The largest absolute Gasteiger partial charge is 0.208 e. The Morgan fingerprint density at radius 3 is 2.17 bits per heavy atom. The van der Waals surface area contributed by atoms with Crippen molar-refractivity contribution in [1.82, 2.24) is 9.97 Å². The van der Waals surface area contributed by atoms with Gasteiger partial charge >= 0.3 is 0 Å². The van der Waals surface area contributed by atoms with Crippen molar-refractivity contribution < 1.29 is 0 Å². The van der Waals surface area contributed by atoms with Gasteiger partial charge in [-0.1, -0.05) is 35.0 Å². The van der Waals surface area contributed by atoms with Crippen molar-refractivity contribution in [2.75, 3.05) is 6.26 Å². The monoisotopic (exact) mass is 223 g/mol. The van der Waals surface area contributed by atoms with E-state index in [0.29, 0.717) is 5.16 Å². The van der Waals surface area contributed by atoms with Gasteiger partial charge < -0.3 is 0 Å². The zero-order valence-electron chi connectivity index (χ0n) is 5.91. The molecule has 64 valence electrons. The summed E-state index contributed by atoms with van der Waals surface area (Å²) in [4.78, 5) is 17.7. The highest BCUT2D eigenvalue weighted by Crippen LogP contribution is 2.31. The molecule has 1 rings (SSSR count). The predicted octanol–water partition coefficient (Wildman–Crippen LogP) is 2.90. The molecule has 0 aromatic carbocycles. The van der Waals surface area contributed by atoms with Crippen LogP contribution in [0.4, 0.5) is 5.69 Å². The van der Waals surface area contributed by atoms with Crippen LogP contribution in [0.3, 0.4) is 0 Å². The van der Waals surface area contributed by atoms with Gasteiger partial charge in [0, 0.05) is 0 Å². The summed E-state index contributed by atoms with van der Waals surface area (Å²) in [5.41, 5.74) is -0.115. The van der Waals surface area contributed by atoms with Gasteiger partial charge in [-0.2, -0.15) is 0 Å². The molecule has 0 atom stereocenters. The standard InChI is InChI=1S/C5H3Cl2N3OS/c1-12-5-8-3(6)2(10-11)4(7)9-5/h1H3. The quantitative estimate of drug-likeness (QED) is 0.335. The van der Waals surface area contributed by atoms with Gasteiger partial charge in [-0.3, -0.25) is 0 Å². The molecular formula is C5H3Cl2N3OS. The highest BCUT2D eigenvalue weighted by molar-refractivity contribution is 7.98. The van der Waals surface area contributed by atoms with Crippen molar-refractivity contribution in [3.8, 4) is 0 Å². The number of aromatic nitrogens is 2. The third-order valence-electron chi connectivity index (χ3n) is 1.05. The third kappa shape index (κ3) is 1.85. The van der Waals surface area contributed by atoms with E-state index in [4.69, 9.17) is 23.2 Å². The van der Waals surface area contributed by atoms with Crippen LogP contribution in [-0.4, -0.2) is 16.2 Å². The van der Waals surface area contributed by atoms with Gasteiger partial charge in [0.05, 0.1) is 0 Å². The van der Waals surface area contributed by atoms with Crippen molar-refractivity contribution in [2.24, 2.45) is 5.18 Å². The molecule has 0 radical (unpaired) electrons. The lowest BCUT2D eigenvalue weighted by Crippen LogP contribution is -1.87. The lowest BCUT2D eigenvalue weighted by atomic mass is 10.6. The highest BCUT2D eigenvalue weighted by Gasteiger charge is 2.11. The Labute approximate surface area is 82.7 Å². The molecule has 0 aliphatic carbocycles. The minimum absolute atomic E-state index is 0.0191. The zero-order chi connectivity index (χ0) is 9.14. The van der Waals surface area contributed by atoms with Crippen LogP contribution >= 0.6 is 35.0 Å². The summed E-state index contributed by atoms with van der Waals surface area (Å²) in [7, 11) is 0. The Balaban J connectivity index is 3.27. The molecular weight excluding hydrogens is 221 g/mol. The van der Waals surface area contributed by atoms with Gasteiger partial charge in [-0.05, 0) is 11.4 Å². The zero-order valence-corrected chi connectivity index (χ0v) is 8.24. The van der Waals surface area contributed by atoms with Crippen LogP contribution in [0.1, 0.15) is 0 Å². The number of nitrogens with zero attached hydrogens (tertiary/aromatic N) is 3. The van der Waals surface area contributed by atoms with E-state index in [1.54, 1.807) is 6.26 Å². The first-order chi connectivity index (χ1) is 5.69. The molecule has 0 spiro atoms. The molecule has 0 saturated carbocycles. The van der Waals surface area contributed by atoms with Crippen LogP contribution in [0.2, 0.25) is 10.3 Å². The Hall–Kier alpha value is -0.390. The topological polar surface area (TPSA) is 55.2 Å². The van der Waals surface area contributed by atoms with Crippen LogP contribution in [0, 0.1) is 4.91 Å². The summed E-state index contributed by atoms with van der Waals surface area (Å²) in [5, 5.41) is 2.97. The third-order valence-corrected chi connectivity index (χ3v) is 2.13. The van der Waals surface area contributed by atoms with E-state index in [2.05, 4.69) is 15.1 Å². The Morgan fingerprint density at radius 2 is 1.83 bits per heavy atom. The smallest absolute Gasteiger partial charge is 0.190 e. The van der Waals surface area contributed by atoms with Crippen molar-refractivity contribution in [3.63, 3.8) is 0 Å². The van der Waals surface area contributed by atoms with Crippen LogP contribution < -0.4 is 0 Å². The fourth-order valence-corrected chi connectivity index (χ4v) is 1.47. The van der Waals surface area contributed by atoms with E-state index < -0.39 is 0 Å². The van der Waals surface area contributed by atoms with Crippen LogP contribution in [0.15, 0.2) is 10.3 Å². The Bertz CT molecular complexity index is 297. The molecule has 1 heterocycles. The molecule has 0 amide bonds. The Morgan fingerprint density at radius 1 is 1.33 bits per heavy atom. The van der Waals surface area contributed by atoms with Gasteiger partial charge in [0.25, 0.3) is 0 Å². The van der Waals surface area contributed by atoms with Gasteiger partial charge in [0.2, 0.25) is 0 Å². The molecule has 0 N–H and O–H groups in total. The Kier molecular flexibility index (Phi) is 3.25. The van der Waals surface area contributed by atoms with Crippen LogP contribution in [0.25, 0.3) is 0 Å². The van der Waals surface area contributed by atoms with Crippen molar-refractivity contribution in [3.05, 3.63) is 15.2 Å². The number of rotatable bonds is 2. The van der Waals surface area contributed by atoms with Gasteiger partial charge in [0.15, 0.2) is 21.2 Å². The maximum Gasteiger partial charge on any atom is 0.190 e. The summed E-state index contributed by atoms with van der Waals surface area (Å²) in [6, 6.07) is 0. The molecule has 0 fully saturated rings. The normalized spacial score (nSPS) is 9.92. The first-order valence-corrected chi connectivity index (χ1v) is 4.77. The van der Waals surface area contributed by atoms with E-state index in [1.165, 1.54) is 11.8 Å². The lowest BCUT2D eigenvalue weighted by Gasteiger charge is -1.98. The highest BCUT2D eigenvalue weighted by atomic mass is 35.5. The predicted molar refractivity (Wildman–Crippen MR) is 49.3 cm³/mol. The molecule has 7 heteroatoms. The van der Waals surface area contributed by atoms with Crippen molar-refractivity contribution in [1.29, 1.82) is 0 Å². The second-order valence-corrected chi connectivity index (χ2v) is 3.22. The summed E-state index contributed by atoms with van der Waals surface area (Å²) in [6.07, 6.45) is 1.77. The minimum Gasteiger partial charge on any atom is -0.208 e. The molecule has 0 aliphatic heterocycles. The van der Waals surface area contributed by atoms with E-state index in [-0.39, 0.29) is 16.0 Å². The lowest BCUT2D eigenvalue weighted by molar-refractivity contribution is 0.969. The van der Waals surface area contributed by atoms with Crippen molar-refractivity contribution in [2.45, 2.75) is 5.16 Å². The molecule has 0 aliphatic rings. The number of hydrogen-bond acceptors (Lipinski definition) is 5. The number of thioether (sulfide) groups is 1. The van der Waals surface area contributed by atoms with Gasteiger partial charge in [-0.15, -0.1) is 4.91 Å². The first kappa shape index (κ1) is 9.70. The van der Waals surface area contributed by atoms with Crippen LogP contribution in [-0.2, 0) is 0 Å². The molecule has 4 nitrogen and oxygen atoms in total. The fraction of sp³-hybridized carbons (Fsp3) is 0.200. The first-order valence-electron chi connectivity index (χ1n) is 2.79. The van der Waals surface area contributed by atoms with E-state index >= 15 is 0 Å². The average molecular weight is 224 g/mol. The molecule has 0 saturated heterocycles. The fourth-order valence-electron chi connectivity index (χ4n) is 0.551. The second kappa shape index (κ2) is 4.02.